The van der Waals surface area contributed by atoms with Gasteiger partial charge < -0.3 is 20.2 Å². The first-order valence-corrected chi connectivity index (χ1v) is 11.3. The minimum atomic E-state index is 0.237. The van der Waals surface area contributed by atoms with Crippen LogP contribution in [0, 0.1) is 5.92 Å². The lowest BCUT2D eigenvalue weighted by molar-refractivity contribution is -0.133. The summed E-state index contributed by atoms with van der Waals surface area (Å²) >= 11 is 0. The van der Waals surface area contributed by atoms with E-state index in [9.17, 15) is 9.90 Å². The summed E-state index contributed by atoms with van der Waals surface area (Å²) < 4.78 is 0. The van der Waals surface area contributed by atoms with Crippen LogP contribution in [0.3, 0.4) is 0 Å². The Morgan fingerprint density at radius 2 is 1.71 bits per heavy atom. The molecule has 1 amide bonds. The lowest BCUT2D eigenvalue weighted by Crippen LogP contribution is -2.54. The van der Waals surface area contributed by atoms with Gasteiger partial charge in [-0.2, -0.15) is 0 Å². The molecule has 2 aliphatic heterocycles. The van der Waals surface area contributed by atoms with Crippen molar-refractivity contribution in [3.05, 3.63) is 0 Å². The highest BCUT2D eigenvalue weighted by Crippen LogP contribution is 2.13. The fourth-order valence-corrected chi connectivity index (χ4v) is 4.11. The van der Waals surface area contributed by atoms with Gasteiger partial charge in [0, 0.05) is 59.0 Å². The molecule has 2 heterocycles. The van der Waals surface area contributed by atoms with Crippen molar-refractivity contribution < 1.29 is 9.90 Å². The number of hydrogen-bond donors (Lipinski definition) is 2. The monoisotopic (exact) mass is 395 g/mol. The van der Waals surface area contributed by atoms with Crippen LogP contribution in [0.25, 0.3) is 0 Å². The molecule has 2 saturated heterocycles. The second kappa shape index (κ2) is 13.0. The zero-order chi connectivity index (χ0) is 20.2. The lowest BCUT2D eigenvalue weighted by atomic mass is 10.0. The molecule has 2 N–H and O–H groups in total. The van der Waals surface area contributed by atoms with Crippen molar-refractivity contribution in [3.8, 4) is 0 Å². The SMILES string of the molecule is CCCC(CCO)CN=C(NCC)N1CCN(CC(=O)N2CCCCC2)CC1. The summed E-state index contributed by atoms with van der Waals surface area (Å²) in [6.07, 6.45) is 6.61. The van der Waals surface area contributed by atoms with Crippen molar-refractivity contribution in [1.29, 1.82) is 0 Å². The fraction of sp³-hybridized carbons (Fsp3) is 0.905. The normalized spacial score (nSPS) is 20.3. The van der Waals surface area contributed by atoms with Gasteiger partial charge in [-0.1, -0.05) is 13.3 Å². The highest BCUT2D eigenvalue weighted by atomic mass is 16.3. The standard InChI is InChI=1S/C21H41N5O2/c1-3-8-19(9-16-27)17-23-21(22-4-2)26-14-12-24(13-15-26)18-20(28)25-10-6-5-7-11-25/h19,27H,3-18H2,1-2H3,(H,22,23). The number of hydrogen-bond acceptors (Lipinski definition) is 4. The number of likely N-dealkylation sites (tertiary alicyclic amines) is 1. The number of carbonyl (C=O) groups is 1. The molecular weight excluding hydrogens is 354 g/mol. The zero-order valence-electron chi connectivity index (χ0n) is 18.0. The fourth-order valence-electron chi connectivity index (χ4n) is 4.11. The Hall–Kier alpha value is -1.34. The molecule has 162 valence electrons. The highest BCUT2D eigenvalue weighted by Gasteiger charge is 2.24. The Kier molecular flexibility index (Phi) is 10.6. The number of piperazine rings is 1. The predicted molar refractivity (Wildman–Crippen MR) is 115 cm³/mol. The average molecular weight is 396 g/mol. The predicted octanol–water partition coefficient (Wildman–Crippen LogP) is 1.38. The summed E-state index contributed by atoms with van der Waals surface area (Å²) in [5.74, 6) is 1.72. The molecule has 0 aromatic rings. The lowest BCUT2D eigenvalue weighted by Gasteiger charge is -2.37. The molecule has 28 heavy (non-hydrogen) atoms. The molecule has 2 aliphatic rings. The molecule has 7 heteroatoms. The van der Waals surface area contributed by atoms with Crippen molar-refractivity contribution in [1.82, 2.24) is 20.0 Å². The van der Waals surface area contributed by atoms with Crippen LogP contribution in [0.15, 0.2) is 4.99 Å². The molecule has 1 unspecified atom stereocenters. The molecule has 0 aliphatic carbocycles. The van der Waals surface area contributed by atoms with E-state index >= 15 is 0 Å². The maximum absolute atomic E-state index is 12.5. The Balaban J connectivity index is 1.82. The van der Waals surface area contributed by atoms with E-state index in [-0.39, 0.29) is 6.61 Å². The van der Waals surface area contributed by atoms with E-state index in [4.69, 9.17) is 4.99 Å². The molecule has 7 nitrogen and oxygen atoms in total. The summed E-state index contributed by atoms with van der Waals surface area (Å²) in [7, 11) is 0. The van der Waals surface area contributed by atoms with Gasteiger partial charge in [0.05, 0.1) is 6.54 Å². The molecular formula is C21H41N5O2. The van der Waals surface area contributed by atoms with Crippen LogP contribution in [-0.2, 0) is 4.79 Å². The first-order valence-electron chi connectivity index (χ1n) is 11.3. The van der Waals surface area contributed by atoms with E-state index in [1.165, 1.54) is 6.42 Å². The Morgan fingerprint density at radius 3 is 2.32 bits per heavy atom. The van der Waals surface area contributed by atoms with Crippen LogP contribution >= 0.6 is 0 Å². The third-order valence-corrected chi connectivity index (χ3v) is 5.81. The highest BCUT2D eigenvalue weighted by molar-refractivity contribution is 5.80. The summed E-state index contributed by atoms with van der Waals surface area (Å²) in [6, 6.07) is 0. The smallest absolute Gasteiger partial charge is 0.236 e. The van der Waals surface area contributed by atoms with Gasteiger partial charge in [0.15, 0.2) is 5.96 Å². The third-order valence-electron chi connectivity index (χ3n) is 5.81. The topological polar surface area (TPSA) is 71.4 Å². The van der Waals surface area contributed by atoms with Gasteiger partial charge in [-0.05, 0) is 44.9 Å². The molecule has 0 aromatic heterocycles. The Morgan fingerprint density at radius 1 is 1.00 bits per heavy atom. The Bertz CT molecular complexity index is 465. The van der Waals surface area contributed by atoms with E-state index in [0.29, 0.717) is 18.4 Å². The quantitative estimate of drug-likeness (QED) is 0.456. The maximum Gasteiger partial charge on any atom is 0.236 e. The van der Waals surface area contributed by atoms with E-state index in [2.05, 4.69) is 29.0 Å². The minimum absolute atomic E-state index is 0.237. The summed E-state index contributed by atoms with van der Waals surface area (Å²) in [4.78, 5) is 24.0. The third kappa shape index (κ3) is 7.59. The molecule has 0 radical (unpaired) electrons. The second-order valence-corrected chi connectivity index (χ2v) is 8.07. The number of aliphatic hydroxyl groups is 1. The summed E-state index contributed by atoms with van der Waals surface area (Å²) in [6.45, 7) is 12.2. The minimum Gasteiger partial charge on any atom is -0.396 e. The van der Waals surface area contributed by atoms with Crippen molar-refractivity contribution in [3.63, 3.8) is 0 Å². The number of rotatable bonds is 9. The van der Waals surface area contributed by atoms with Gasteiger partial charge in [0.2, 0.25) is 5.91 Å². The number of nitrogens with one attached hydrogen (secondary N) is 1. The van der Waals surface area contributed by atoms with E-state index in [0.717, 1.165) is 90.4 Å². The van der Waals surface area contributed by atoms with E-state index in [1.807, 2.05) is 4.90 Å². The van der Waals surface area contributed by atoms with Gasteiger partial charge in [-0.25, -0.2) is 0 Å². The molecule has 0 saturated carbocycles. The van der Waals surface area contributed by atoms with Crippen molar-refractivity contribution in [2.45, 2.75) is 52.4 Å². The van der Waals surface area contributed by atoms with Gasteiger partial charge >= 0.3 is 0 Å². The molecule has 0 bridgehead atoms. The van der Waals surface area contributed by atoms with Crippen LogP contribution in [0.1, 0.15) is 52.4 Å². The summed E-state index contributed by atoms with van der Waals surface area (Å²) in [5, 5.41) is 12.7. The van der Waals surface area contributed by atoms with Crippen LogP contribution in [-0.4, -0.2) is 97.2 Å². The number of nitrogens with zero attached hydrogens (tertiary/aromatic N) is 4. The largest absolute Gasteiger partial charge is 0.396 e. The van der Waals surface area contributed by atoms with Crippen molar-refractivity contribution in [2.24, 2.45) is 10.9 Å². The number of carbonyl (C=O) groups excluding carboxylic acids is 1. The number of amides is 1. The first-order chi connectivity index (χ1) is 13.7. The number of aliphatic imine (C=N–C) groups is 1. The molecule has 2 rings (SSSR count). The van der Waals surface area contributed by atoms with Crippen LogP contribution in [0.2, 0.25) is 0 Å². The summed E-state index contributed by atoms with van der Waals surface area (Å²) in [5.41, 5.74) is 0. The van der Waals surface area contributed by atoms with Gasteiger partial charge in [0.1, 0.15) is 0 Å². The van der Waals surface area contributed by atoms with Gasteiger partial charge in [0.25, 0.3) is 0 Å². The first kappa shape index (κ1) is 22.9. The maximum atomic E-state index is 12.5. The molecule has 1 atom stereocenters. The zero-order valence-corrected chi connectivity index (χ0v) is 18.0. The number of piperidine rings is 1. The van der Waals surface area contributed by atoms with E-state index in [1.54, 1.807) is 0 Å². The van der Waals surface area contributed by atoms with E-state index < -0.39 is 0 Å². The van der Waals surface area contributed by atoms with Crippen molar-refractivity contribution in [2.75, 3.05) is 65.5 Å². The van der Waals surface area contributed by atoms with Crippen LogP contribution in [0.5, 0.6) is 0 Å². The molecule has 2 fully saturated rings. The van der Waals surface area contributed by atoms with Crippen LogP contribution < -0.4 is 5.32 Å². The molecule has 0 spiro atoms. The number of guanidine groups is 1. The van der Waals surface area contributed by atoms with Gasteiger partial charge in [-0.15, -0.1) is 0 Å². The number of aliphatic hydroxyl groups excluding tert-OH is 1. The second-order valence-electron chi connectivity index (χ2n) is 8.07. The van der Waals surface area contributed by atoms with Crippen molar-refractivity contribution >= 4 is 11.9 Å². The van der Waals surface area contributed by atoms with Crippen LogP contribution in [0.4, 0.5) is 0 Å². The van der Waals surface area contributed by atoms with Gasteiger partial charge in [-0.3, -0.25) is 14.7 Å². The average Bonchev–Trinajstić information content (AvgIpc) is 2.72. The molecule has 0 aromatic carbocycles. The Labute approximate surface area is 171 Å².